The molecule has 1 aliphatic heterocycles. The quantitative estimate of drug-likeness (QED) is 0.217. The minimum Gasteiger partial charge on any atom is -0.434 e. The summed E-state index contributed by atoms with van der Waals surface area (Å²) in [4.78, 5) is 6.93. The maximum absolute atomic E-state index is 12.6. The molecule has 1 aliphatic rings. The highest BCUT2D eigenvalue weighted by Gasteiger charge is 2.20. The summed E-state index contributed by atoms with van der Waals surface area (Å²) in [5.41, 5.74) is 1.69. The van der Waals surface area contributed by atoms with Gasteiger partial charge in [-0.2, -0.15) is 8.78 Å². The zero-order valence-corrected chi connectivity index (χ0v) is 20.0. The van der Waals surface area contributed by atoms with Crippen LogP contribution in [-0.4, -0.2) is 49.7 Å². The number of benzene rings is 1. The molecule has 29 heavy (non-hydrogen) atoms. The molecule has 0 unspecified atom stereocenters. The molecule has 1 aromatic carbocycles. The van der Waals surface area contributed by atoms with Crippen LogP contribution in [-0.2, 0) is 6.54 Å². The van der Waals surface area contributed by atoms with Crippen molar-refractivity contribution in [3.8, 4) is 5.75 Å². The standard InChI is InChI=1S/C20H29ClF2N4O.HI/c1-4-24-20(26-17-7-9-27(10-8-17)13-14(2)3)25-12-15-11-16(21)5-6-18(15)28-19(22)23;/h5-6,11,17,19H,2,4,7-10,12-13H2,1,3H3,(H2,24,25,26);1H. The Bertz CT molecular complexity index is 682. The summed E-state index contributed by atoms with van der Waals surface area (Å²) in [6.07, 6.45) is 2.02. The molecule has 0 saturated carbocycles. The number of likely N-dealkylation sites (tertiary alicyclic amines) is 1. The van der Waals surface area contributed by atoms with Gasteiger partial charge in [0.2, 0.25) is 0 Å². The lowest BCUT2D eigenvalue weighted by Gasteiger charge is -2.33. The zero-order chi connectivity index (χ0) is 20.5. The molecule has 2 rings (SSSR count). The number of hydrogen-bond donors (Lipinski definition) is 2. The van der Waals surface area contributed by atoms with E-state index in [0.29, 0.717) is 29.1 Å². The van der Waals surface area contributed by atoms with Gasteiger partial charge in [-0.3, -0.25) is 4.90 Å². The Balaban J connectivity index is 0.00000420. The fraction of sp³-hybridized carbons (Fsp3) is 0.550. The maximum Gasteiger partial charge on any atom is 0.387 e. The smallest absolute Gasteiger partial charge is 0.387 e. The van der Waals surface area contributed by atoms with E-state index in [4.69, 9.17) is 11.6 Å². The number of rotatable bonds is 8. The summed E-state index contributed by atoms with van der Waals surface area (Å²) in [5, 5.41) is 7.10. The van der Waals surface area contributed by atoms with E-state index >= 15 is 0 Å². The first kappa shape index (κ1) is 25.9. The van der Waals surface area contributed by atoms with E-state index in [1.165, 1.54) is 17.7 Å². The minimum absolute atomic E-state index is 0. The van der Waals surface area contributed by atoms with E-state index in [9.17, 15) is 8.78 Å². The Kier molecular flexibility index (Phi) is 11.8. The molecule has 1 heterocycles. The van der Waals surface area contributed by atoms with Crippen molar-refractivity contribution in [1.82, 2.24) is 15.5 Å². The zero-order valence-electron chi connectivity index (χ0n) is 16.9. The van der Waals surface area contributed by atoms with Gasteiger partial charge in [0.1, 0.15) is 5.75 Å². The molecule has 0 aromatic heterocycles. The molecule has 5 nitrogen and oxygen atoms in total. The summed E-state index contributed by atoms with van der Waals surface area (Å²) in [5.74, 6) is 0.746. The van der Waals surface area contributed by atoms with Crippen LogP contribution in [0.25, 0.3) is 0 Å². The van der Waals surface area contributed by atoms with Crippen molar-refractivity contribution < 1.29 is 13.5 Å². The van der Waals surface area contributed by atoms with Gasteiger partial charge in [-0.15, -0.1) is 24.0 Å². The third kappa shape index (κ3) is 9.48. The topological polar surface area (TPSA) is 48.9 Å². The van der Waals surface area contributed by atoms with Gasteiger partial charge in [-0.25, -0.2) is 4.99 Å². The lowest BCUT2D eigenvalue weighted by Crippen LogP contribution is -2.48. The monoisotopic (exact) mass is 542 g/mol. The number of nitrogens with zero attached hydrogens (tertiary/aromatic N) is 2. The fourth-order valence-corrected chi connectivity index (χ4v) is 3.37. The average Bonchev–Trinajstić information content (AvgIpc) is 2.62. The summed E-state index contributed by atoms with van der Waals surface area (Å²) in [6.45, 7) is 8.94. The molecule has 9 heteroatoms. The second-order valence-electron chi connectivity index (χ2n) is 6.98. The third-order valence-corrected chi connectivity index (χ3v) is 4.65. The molecule has 1 saturated heterocycles. The van der Waals surface area contributed by atoms with Crippen molar-refractivity contribution in [1.29, 1.82) is 0 Å². The van der Waals surface area contributed by atoms with Crippen molar-refractivity contribution in [3.05, 3.63) is 40.9 Å². The first-order valence-electron chi connectivity index (χ1n) is 9.52. The van der Waals surface area contributed by atoms with Crippen molar-refractivity contribution in [2.75, 3.05) is 26.2 Å². The molecule has 0 bridgehead atoms. The molecule has 0 atom stereocenters. The van der Waals surface area contributed by atoms with E-state index in [0.717, 1.165) is 32.5 Å². The highest BCUT2D eigenvalue weighted by molar-refractivity contribution is 14.0. The van der Waals surface area contributed by atoms with Gasteiger partial charge in [-0.1, -0.05) is 23.8 Å². The van der Waals surface area contributed by atoms with Gasteiger partial charge in [0.15, 0.2) is 5.96 Å². The second-order valence-corrected chi connectivity index (χ2v) is 7.41. The highest BCUT2D eigenvalue weighted by Crippen LogP contribution is 2.25. The number of piperidine rings is 1. The Morgan fingerprint density at radius 1 is 1.38 bits per heavy atom. The van der Waals surface area contributed by atoms with E-state index in [1.54, 1.807) is 6.07 Å². The van der Waals surface area contributed by atoms with Crippen LogP contribution in [0.15, 0.2) is 35.3 Å². The van der Waals surface area contributed by atoms with Crippen LogP contribution < -0.4 is 15.4 Å². The predicted octanol–water partition coefficient (Wildman–Crippen LogP) is 4.66. The van der Waals surface area contributed by atoms with Gasteiger partial charge in [0, 0.05) is 42.8 Å². The van der Waals surface area contributed by atoms with E-state index < -0.39 is 6.61 Å². The van der Waals surface area contributed by atoms with Crippen LogP contribution >= 0.6 is 35.6 Å². The SMILES string of the molecule is C=C(C)CN1CCC(NC(=NCc2cc(Cl)ccc2OC(F)F)NCC)CC1.I. The summed E-state index contributed by atoms with van der Waals surface area (Å²) in [7, 11) is 0. The van der Waals surface area contributed by atoms with Crippen LogP contribution in [0.2, 0.25) is 5.02 Å². The molecule has 0 aliphatic carbocycles. The Hall–Kier alpha value is -1.13. The number of halogens is 4. The van der Waals surface area contributed by atoms with Gasteiger partial charge < -0.3 is 15.4 Å². The first-order valence-corrected chi connectivity index (χ1v) is 9.90. The summed E-state index contributed by atoms with van der Waals surface area (Å²) >= 11 is 6.00. The van der Waals surface area contributed by atoms with Crippen molar-refractivity contribution in [2.45, 2.75) is 45.9 Å². The van der Waals surface area contributed by atoms with E-state index in [2.05, 4.69) is 31.8 Å². The molecule has 1 aromatic rings. The van der Waals surface area contributed by atoms with E-state index in [-0.39, 0.29) is 36.3 Å². The molecule has 2 N–H and O–H groups in total. The largest absolute Gasteiger partial charge is 0.434 e. The molecule has 0 spiro atoms. The van der Waals surface area contributed by atoms with Gasteiger partial charge in [-0.05, 0) is 44.9 Å². The Morgan fingerprint density at radius 3 is 2.66 bits per heavy atom. The van der Waals surface area contributed by atoms with Crippen molar-refractivity contribution in [3.63, 3.8) is 0 Å². The molecule has 0 amide bonds. The van der Waals surface area contributed by atoms with Crippen LogP contribution in [0.1, 0.15) is 32.3 Å². The fourth-order valence-electron chi connectivity index (χ4n) is 3.18. The number of aliphatic imine (C=N–C) groups is 1. The van der Waals surface area contributed by atoms with Gasteiger partial charge in [0.05, 0.1) is 6.54 Å². The Morgan fingerprint density at radius 2 is 2.07 bits per heavy atom. The molecule has 1 fully saturated rings. The average molecular weight is 543 g/mol. The first-order chi connectivity index (χ1) is 13.4. The maximum atomic E-state index is 12.6. The Labute approximate surface area is 193 Å². The summed E-state index contributed by atoms with van der Waals surface area (Å²) < 4.78 is 29.8. The van der Waals surface area contributed by atoms with Gasteiger partial charge in [0.25, 0.3) is 0 Å². The van der Waals surface area contributed by atoms with Crippen LogP contribution in [0.3, 0.4) is 0 Å². The molecule has 164 valence electrons. The molecular weight excluding hydrogens is 513 g/mol. The van der Waals surface area contributed by atoms with E-state index in [1.807, 2.05) is 13.8 Å². The molecule has 0 radical (unpaired) electrons. The highest BCUT2D eigenvalue weighted by atomic mass is 127. The van der Waals surface area contributed by atoms with Crippen LogP contribution in [0.4, 0.5) is 8.78 Å². The molecular formula is C20H30ClF2IN4O. The summed E-state index contributed by atoms with van der Waals surface area (Å²) in [6, 6.07) is 4.88. The van der Waals surface area contributed by atoms with Crippen molar-refractivity contribution in [2.24, 2.45) is 4.99 Å². The normalized spacial score (nSPS) is 15.7. The van der Waals surface area contributed by atoms with Crippen LogP contribution in [0, 0.1) is 0 Å². The van der Waals surface area contributed by atoms with Gasteiger partial charge >= 0.3 is 6.61 Å². The number of ether oxygens (including phenoxy) is 1. The second kappa shape index (κ2) is 13.2. The minimum atomic E-state index is -2.89. The number of nitrogens with one attached hydrogen (secondary N) is 2. The van der Waals surface area contributed by atoms with Crippen LogP contribution in [0.5, 0.6) is 5.75 Å². The number of hydrogen-bond acceptors (Lipinski definition) is 3. The number of guanidine groups is 1. The lowest BCUT2D eigenvalue weighted by atomic mass is 10.0. The van der Waals surface area contributed by atoms with Crippen molar-refractivity contribution >= 4 is 41.5 Å². The number of alkyl halides is 2. The third-order valence-electron chi connectivity index (χ3n) is 4.41. The predicted molar refractivity (Wildman–Crippen MR) is 126 cm³/mol. The lowest BCUT2D eigenvalue weighted by molar-refractivity contribution is -0.0504.